The Morgan fingerprint density at radius 2 is 1.86 bits per heavy atom. The molecule has 104 valence electrons. The molecule has 0 saturated heterocycles. The van der Waals surface area contributed by atoms with E-state index in [-0.39, 0.29) is 5.41 Å². The number of hydrogen-bond donors (Lipinski definition) is 0. The average molecular weight is 276 g/mol. The van der Waals surface area contributed by atoms with Crippen molar-refractivity contribution in [1.29, 1.82) is 5.26 Å². The number of nitrogens with zero attached hydrogens (tertiary/aromatic N) is 4. The van der Waals surface area contributed by atoms with E-state index in [0.29, 0.717) is 5.69 Å². The van der Waals surface area contributed by atoms with Crippen LogP contribution in [0.1, 0.15) is 32.0 Å². The highest BCUT2D eigenvalue weighted by molar-refractivity contribution is 5.74. The summed E-state index contributed by atoms with van der Waals surface area (Å²) in [4.78, 5) is 8.74. The van der Waals surface area contributed by atoms with Gasteiger partial charge in [0.1, 0.15) is 11.8 Å². The van der Waals surface area contributed by atoms with E-state index in [1.54, 1.807) is 12.4 Å². The Balaban J connectivity index is 2.16. The predicted octanol–water partition coefficient (Wildman–Crippen LogP) is 3.57. The van der Waals surface area contributed by atoms with Gasteiger partial charge in [-0.3, -0.25) is 0 Å². The first-order valence-corrected chi connectivity index (χ1v) is 6.84. The third-order valence-electron chi connectivity index (χ3n) is 3.51. The van der Waals surface area contributed by atoms with E-state index in [1.807, 2.05) is 22.7 Å². The second-order valence-electron chi connectivity index (χ2n) is 6.07. The van der Waals surface area contributed by atoms with Crippen LogP contribution in [0.25, 0.3) is 16.9 Å². The van der Waals surface area contributed by atoms with Gasteiger partial charge in [-0.05, 0) is 11.0 Å². The Kier molecular flexibility index (Phi) is 2.99. The molecule has 0 N–H and O–H groups in total. The quantitative estimate of drug-likeness (QED) is 0.682. The smallest absolute Gasteiger partial charge is 0.163 e. The normalized spacial score (nSPS) is 11.5. The average Bonchev–Trinajstić information content (AvgIpc) is 2.93. The number of benzene rings is 1. The van der Waals surface area contributed by atoms with Crippen molar-refractivity contribution in [3.05, 3.63) is 54.1 Å². The maximum absolute atomic E-state index is 9.11. The summed E-state index contributed by atoms with van der Waals surface area (Å²) in [7, 11) is 0. The summed E-state index contributed by atoms with van der Waals surface area (Å²) >= 11 is 0. The van der Waals surface area contributed by atoms with Crippen molar-refractivity contribution in [2.45, 2.75) is 26.2 Å². The van der Waals surface area contributed by atoms with Crippen LogP contribution in [0.3, 0.4) is 0 Å². The van der Waals surface area contributed by atoms with Crippen molar-refractivity contribution in [3.8, 4) is 17.3 Å². The fourth-order valence-electron chi connectivity index (χ4n) is 2.31. The van der Waals surface area contributed by atoms with Crippen LogP contribution in [-0.2, 0) is 5.41 Å². The lowest BCUT2D eigenvalue weighted by Gasteiger charge is -2.19. The Morgan fingerprint density at radius 1 is 1.14 bits per heavy atom. The Labute approximate surface area is 123 Å². The molecule has 0 aliphatic carbocycles. The van der Waals surface area contributed by atoms with Gasteiger partial charge >= 0.3 is 0 Å². The van der Waals surface area contributed by atoms with Gasteiger partial charge in [-0.15, -0.1) is 0 Å². The predicted molar refractivity (Wildman–Crippen MR) is 81.8 cm³/mol. The second kappa shape index (κ2) is 4.71. The van der Waals surface area contributed by atoms with Gasteiger partial charge in [0.2, 0.25) is 0 Å². The Morgan fingerprint density at radius 3 is 2.48 bits per heavy atom. The molecular weight excluding hydrogens is 260 g/mol. The van der Waals surface area contributed by atoms with Gasteiger partial charge in [0, 0.05) is 24.2 Å². The van der Waals surface area contributed by atoms with Gasteiger partial charge in [0.15, 0.2) is 11.3 Å². The maximum atomic E-state index is 9.11. The van der Waals surface area contributed by atoms with Crippen molar-refractivity contribution in [3.63, 3.8) is 0 Å². The van der Waals surface area contributed by atoms with Gasteiger partial charge in [-0.25, -0.2) is 9.97 Å². The van der Waals surface area contributed by atoms with E-state index in [0.717, 1.165) is 16.9 Å². The van der Waals surface area contributed by atoms with E-state index in [4.69, 9.17) is 5.26 Å². The number of imidazole rings is 1. The van der Waals surface area contributed by atoms with E-state index in [2.05, 4.69) is 48.9 Å². The minimum Gasteiger partial charge on any atom is -0.302 e. The lowest BCUT2D eigenvalue weighted by Crippen LogP contribution is -2.10. The molecular formula is C17H16N4. The first-order valence-electron chi connectivity index (χ1n) is 6.84. The van der Waals surface area contributed by atoms with E-state index < -0.39 is 0 Å². The van der Waals surface area contributed by atoms with Crippen molar-refractivity contribution in [2.24, 2.45) is 0 Å². The Bertz CT molecular complexity index is 830. The van der Waals surface area contributed by atoms with Crippen molar-refractivity contribution >= 4 is 5.65 Å². The van der Waals surface area contributed by atoms with Crippen LogP contribution in [0, 0.1) is 11.3 Å². The van der Waals surface area contributed by atoms with Crippen LogP contribution >= 0.6 is 0 Å². The topological polar surface area (TPSA) is 54.0 Å². The second-order valence-corrected chi connectivity index (χ2v) is 6.07. The third kappa shape index (κ3) is 2.38. The molecule has 0 atom stereocenters. The van der Waals surface area contributed by atoms with Crippen LogP contribution in [0.4, 0.5) is 0 Å². The van der Waals surface area contributed by atoms with E-state index >= 15 is 0 Å². The molecule has 3 aromatic rings. The van der Waals surface area contributed by atoms with Crippen molar-refractivity contribution in [2.75, 3.05) is 0 Å². The van der Waals surface area contributed by atoms with Gasteiger partial charge in [0.05, 0.1) is 0 Å². The molecule has 0 radical (unpaired) electrons. The molecule has 3 rings (SSSR count). The van der Waals surface area contributed by atoms with Crippen LogP contribution in [0.15, 0.2) is 42.9 Å². The molecule has 2 aromatic heterocycles. The van der Waals surface area contributed by atoms with E-state index in [1.165, 1.54) is 5.56 Å². The molecule has 0 unspecified atom stereocenters. The third-order valence-corrected chi connectivity index (χ3v) is 3.51. The first-order chi connectivity index (χ1) is 9.99. The Hall–Kier alpha value is -2.67. The van der Waals surface area contributed by atoms with E-state index in [9.17, 15) is 0 Å². The van der Waals surface area contributed by atoms with Crippen LogP contribution < -0.4 is 0 Å². The summed E-state index contributed by atoms with van der Waals surface area (Å²) in [6.45, 7) is 6.55. The minimum atomic E-state index is 0.114. The van der Waals surface area contributed by atoms with Crippen LogP contribution in [0.2, 0.25) is 0 Å². The summed E-state index contributed by atoms with van der Waals surface area (Å²) in [6.07, 6.45) is 5.23. The molecule has 2 heterocycles. The molecule has 0 bridgehead atoms. The summed E-state index contributed by atoms with van der Waals surface area (Å²) in [6, 6.07) is 10.4. The molecule has 21 heavy (non-hydrogen) atoms. The number of fused-ring (bicyclic) bond motifs is 1. The van der Waals surface area contributed by atoms with Crippen LogP contribution in [0.5, 0.6) is 0 Å². The lowest BCUT2D eigenvalue weighted by atomic mass is 9.86. The van der Waals surface area contributed by atoms with Gasteiger partial charge < -0.3 is 4.40 Å². The molecule has 1 aromatic carbocycles. The highest BCUT2D eigenvalue weighted by Crippen LogP contribution is 2.27. The largest absolute Gasteiger partial charge is 0.302 e. The number of nitriles is 1. The summed E-state index contributed by atoms with van der Waals surface area (Å²) < 4.78 is 1.83. The van der Waals surface area contributed by atoms with Gasteiger partial charge in [0.25, 0.3) is 0 Å². The standard InChI is InChI=1S/C17H16N4/c1-17(2,3)13-6-4-12(5-7-13)15-16-19-8-9-21(16)11-14(10-18)20-15/h4-9,11H,1-3H3. The molecule has 0 amide bonds. The highest BCUT2D eigenvalue weighted by Gasteiger charge is 2.15. The van der Waals surface area contributed by atoms with Crippen molar-refractivity contribution in [1.82, 2.24) is 14.4 Å². The summed E-state index contributed by atoms with van der Waals surface area (Å²) in [5.74, 6) is 0. The molecule has 4 heteroatoms. The molecule has 0 aliphatic rings. The zero-order valence-corrected chi connectivity index (χ0v) is 12.3. The zero-order valence-electron chi connectivity index (χ0n) is 12.3. The molecule has 4 nitrogen and oxygen atoms in total. The number of hydrogen-bond acceptors (Lipinski definition) is 3. The zero-order chi connectivity index (χ0) is 15.0. The molecule has 0 fully saturated rings. The highest BCUT2D eigenvalue weighted by atomic mass is 15.0. The summed E-state index contributed by atoms with van der Waals surface area (Å²) in [5, 5.41) is 9.11. The van der Waals surface area contributed by atoms with Gasteiger partial charge in [-0.2, -0.15) is 5.26 Å². The first kappa shape index (κ1) is 13.3. The van der Waals surface area contributed by atoms with Crippen LogP contribution in [-0.4, -0.2) is 14.4 Å². The monoisotopic (exact) mass is 276 g/mol. The SMILES string of the molecule is CC(C)(C)c1ccc(-c2nc(C#N)cn3ccnc23)cc1. The maximum Gasteiger partial charge on any atom is 0.163 e. The number of rotatable bonds is 1. The molecule has 0 aliphatic heterocycles. The van der Waals surface area contributed by atoms with Gasteiger partial charge in [-0.1, -0.05) is 45.0 Å². The number of aromatic nitrogens is 3. The minimum absolute atomic E-state index is 0.114. The fraction of sp³-hybridized carbons (Fsp3) is 0.235. The molecule has 0 saturated carbocycles. The fourth-order valence-corrected chi connectivity index (χ4v) is 2.31. The summed E-state index contributed by atoms with van der Waals surface area (Å²) in [5.41, 5.74) is 4.23. The van der Waals surface area contributed by atoms with Crippen molar-refractivity contribution < 1.29 is 0 Å². The molecule has 0 spiro atoms. The lowest BCUT2D eigenvalue weighted by molar-refractivity contribution is 0.590.